The number of aromatic hydroxyl groups is 2. The number of ketones is 1. The van der Waals surface area contributed by atoms with Crippen molar-refractivity contribution in [1.82, 2.24) is 0 Å². The van der Waals surface area contributed by atoms with Gasteiger partial charge < -0.3 is 14.6 Å². The first-order valence-electron chi connectivity index (χ1n) is 10.0. The van der Waals surface area contributed by atoms with E-state index >= 15 is 0 Å². The Morgan fingerprint density at radius 1 is 0.889 bits per heavy atom. The molecule has 152 valence electrons. The van der Waals surface area contributed by atoms with Crippen LogP contribution in [-0.4, -0.2) is 28.3 Å². The molecule has 1 rings (SSSR count). The third-order valence-electron chi connectivity index (χ3n) is 4.66. The predicted octanol–water partition coefficient (Wildman–Crippen LogP) is 4.98. The van der Waals surface area contributed by atoms with Crippen molar-refractivity contribution in [3.8, 4) is 11.7 Å². The van der Waals surface area contributed by atoms with Crippen LogP contribution >= 0.6 is 0 Å². The van der Waals surface area contributed by atoms with Crippen LogP contribution in [-0.2, 0) is 0 Å². The first kappa shape index (κ1) is 22.9. The Morgan fingerprint density at radius 3 is 1.93 bits per heavy atom. The number of carbonyl (C=O) groups is 1. The molecule has 1 aromatic heterocycles. The average molecular weight is 379 g/mol. The molecule has 0 unspecified atom stereocenters. The van der Waals surface area contributed by atoms with Gasteiger partial charge in [-0.3, -0.25) is 9.79 Å². The maximum Gasteiger partial charge on any atom is 0.351 e. The fourth-order valence-corrected chi connectivity index (χ4v) is 3.07. The highest BCUT2D eigenvalue weighted by Crippen LogP contribution is 2.28. The van der Waals surface area contributed by atoms with Crippen LogP contribution in [0.4, 0.5) is 0 Å². The molecule has 1 heterocycles. The molecule has 0 saturated carbocycles. The molecule has 6 nitrogen and oxygen atoms in total. The Kier molecular flexibility index (Phi) is 10.5. The Hall–Kier alpha value is -2.11. The lowest BCUT2D eigenvalue weighted by molar-refractivity contribution is 0.100. The van der Waals surface area contributed by atoms with E-state index in [0.717, 1.165) is 12.8 Å². The third-order valence-corrected chi connectivity index (χ3v) is 4.66. The summed E-state index contributed by atoms with van der Waals surface area (Å²) >= 11 is 0. The zero-order valence-electron chi connectivity index (χ0n) is 16.8. The van der Waals surface area contributed by atoms with Gasteiger partial charge in [-0.25, -0.2) is 4.79 Å². The molecule has 0 aliphatic carbocycles. The fourth-order valence-electron chi connectivity index (χ4n) is 3.07. The molecule has 0 spiro atoms. The van der Waals surface area contributed by atoms with E-state index in [4.69, 9.17) is 0 Å². The van der Waals surface area contributed by atoms with Gasteiger partial charge in [0.1, 0.15) is 16.9 Å². The highest BCUT2D eigenvalue weighted by atomic mass is 16.5. The number of hydrogen-bond donors (Lipinski definition) is 2. The quantitative estimate of drug-likeness (QED) is 0.286. The smallest absolute Gasteiger partial charge is 0.351 e. The summed E-state index contributed by atoms with van der Waals surface area (Å²) in [4.78, 5) is 27.7. The molecular formula is C21H33NO5. The SMILES string of the molecule is CCCCCCCCCCCCN=C(C)c1c(O)c(C(C)=O)c(O)oc1=O. The van der Waals surface area contributed by atoms with Crippen LogP contribution in [0.1, 0.15) is 101 Å². The minimum atomic E-state index is -0.903. The largest absolute Gasteiger partial charge is 0.506 e. The predicted molar refractivity (Wildman–Crippen MR) is 107 cm³/mol. The van der Waals surface area contributed by atoms with Gasteiger partial charge in [0.05, 0.1) is 5.71 Å². The summed E-state index contributed by atoms with van der Waals surface area (Å²) in [6.07, 6.45) is 12.3. The summed E-state index contributed by atoms with van der Waals surface area (Å²) in [6.45, 7) is 5.53. The maximum absolute atomic E-state index is 11.9. The van der Waals surface area contributed by atoms with Crippen LogP contribution in [0.25, 0.3) is 0 Å². The van der Waals surface area contributed by atoms with Gasteiger partial charge >= 0.3 is 5.63 Å². The Labute approximate surface area is 161 Å². The molecule has 0 amide bonds. The van der Waals surface area contributed by atoms with Gasteiger partial charge in [0.15, 0.2) is 5.78 Å². The van der Waals surface area contributed by atoms with Gasteiger partial charge in [0.2, 0.25) is 0 Å². The van der Waals surface area contributed by atoms with Gasteiger partial charge in [0, 0.05) is 6.54 Å². The Bertz CT molecular complexity index is 691. The van der Waals surface area contributed by atoms with Crippen molar-refractivity contribution < 1.29 is 19.4 Å². The van der Waals surface area contributed by atoms with Crippen LogP contribution in [0.5, 0.6) is 11.7 Å². The topological polar surface area (TPSA) is 100 Å². The van der Waals surface area contributed by atoms with Crippen molar-refractivity contribution in [3.63, 3.8) is 0 Å². The molecule has 2 N–H and O–H groups in total. The van der Waals surface area contributed by atoms with Crippen LogP contribution in [0.15, 0.2) is 14.2 Å². The van der Waals surface area contributed by atoms with E-state index in [0.29, 0.717) is 12.3 Å². The molecule has 6 heteroatoms. The maximum atomic E-state index is 11.9. The second kappa shape index (κ2) is 12.3. The van der Waals surface area contributed by atoms with Gasteiger partial charge in [-0.1, -0.05) is 64.7 Å². The molecule has 0 aliphatic rings. The van der Waals surface area contributed by atoms with Crippen molar-refractivity contribution in [2.75, 3.05) is 6.54 Å². The van der Waals surface area contributed by atoms with Crippen molar-refractivity contribution in [3.05, 3.63) is 21.5 Å². The number of aliphatic imine (C=N–C) groups is 1. The molecule has 0 fully saturated rings. The molecule has 1 aromatic rings. The van der Waals surface area contributed by atoms with E-state index in [9.17, 15) is 19.8 Å². The van der Waals surface area contributed by atoms with E-state index in [1.165, 1.54) is 58.3 Å². The highest BCUT2D eigenvalue weighted by Gasteiger charge is 2.23. The lowest BCUT2D eigenvalue weighted by Crippen LogP contribution is -2.15. The normalized spacial score (nSPS) is 11.7. The summed E-state index contributed by atoms with van der Waals surface area (Å²) in [5, 5.41) is 19.7. The van der Waals surface area contributed by atoms with Crippen molar-refractivity contribution in [1.29, 1.82) is 0 Å². The molecule has 0 radical (unpaired) electrons. The zero-order valence-corrected chi connectivity index (χ0v) is 16.8. The number of rotatable bonds is 13. The zero-order chi connectivity index (χ0) is 20.2. The minimum absolute atomic E-state index is 0.162. The van der Waals surface area contributed by atoms with Gasteiger partial charge in [-0.15, -0.1) is 0 Å². The molecule has 0 aromatic carbocycles. The average Bonchev–Trinajstić information content (AvgIpc) is 2.58. The standard InChI is InChI=1S/C21H33NO5/c1-4-5-6-7-8-9-10-11-12-13-14-22-15(2)17-19(24)18(16(3)23)21(26)27-20(17)25/h24,26H,4-14H2,1-3H3. The molecular weight excluding hydrogens is 346 g/mol. The monoisotopic (exact) mass is 379 g/mol. The van der Waals surface area contributed by atoms with Crippen LogP contribution in [0.3, 0.4) is 0 Å². The Morgan fingerprint density at radius 2 is 1.41 bits per heavy atom. The summed E-state index contributed by atoms with van der Waals surface area (Å²) in [5.41, 5.74) is -1.15. The number of Topliss-reactive ketones (excluding diaryl/α,β-unsaturated/α-hetero) is 1. The lowest BCUT2D eigenvalue weighted by Gasteiger charge is -2.07. The summed E-state index contributed by atoms with van der Waals surface area (Å²) in [5.74, 6) is -2.02. The van der Waals surface area contributed by atoms with E-state index < -0.39 is 28.7 Å². The number of nitrogens with zero attached hydrogens (tertiary/aromatic N) is 1. The van der Waals surface area contributed by atoms with Gasteiger partial charge in [0.25, 0.3) is 5.95 Å². The van der Waals surface area contributed by atoms with Crippen molar-refractivity contribution in [2.45, 2.75) is 85.0 Å². The van der Waals surface area contributed by atoms with E-state index in [-0.39, 0.29) is 5.56 Å². The fraction of sp³-hybridized carbons (Fsp3) is 0.667. The van der Waals surface area contributed by atoms with E-state index in [1.807, 2.05) is 0 Å². The second-order valence-electron chi connectivity index (χ2n) is 7.00. The Balaban J connectivity index is 2.44. The number of unbranched alkanes of at least 4 members (excludes halogenated alkanes) is 9. The molecule has 0 saturated heterocycles. The number of carbonyl (C=O) groups excluding carboxylic acids is 1. The molecule has 27 heavy (non-hydrogen) atoms. The summed E-state index contributed by atoms with van der Waals surface area (Å²) in [6, 6.07) is 0. The second-order valence-corrected chi connectivity index (χ2v) is 7.00. The number of hydrogen-bond acceptors (Lipinski definition) is 6. The van der Waals surface area contributed by atoms with Crippen LogP contribution in [0.2, 0.25) is 0 Å². The van der Waals surface area contributed by atoms with Gasteiger partial charge in [-0.2, -0.15) is 0 Å². The lowest BCUT2D eigenvalue weighted by atomic mass is 10.1. The third kappa shape index (κ3) is 7.57. The van der Waals surface area contributed by atoms with E-state index in [2.05, 4.69) is 16.3 Å². The van der Waals surface area contributed by atoms with Crippen molar-refractivity contribution in [2.24, 2.45) is 4.99 Å². The summed E-state index contributed by atoms with van der Waals surface area (Å²) in [7, 11) is 0. The first-order chi connectivity index (χ1) is 12.9. The van der Waals surface area contributed by atoms with Crippen LogP contribution in [0, 0.1) is 0 Å². The van der Waals surface area contributed by atoms with Gasteiger partial charge in [-0.05, 0) is 20.3 Å². The minimum Gasteiger partial charge on any atom is -0.506 e. The van der Waals surface area contributed by atoms with Crippen LogP contribution < -0.4 is 5.63 Å². The van der Waals surface area contributed by atoms with Crippen molar-refractivity contribution >= 4 is 11.5 Å². The molecule has 0 aliphatic heterocycles. The van der Waals surface area contributed by atoms with E-state index in [1.54, 1.807) is 6.92 Å². The summed E-state index contributed by atoms with van der Waals surface area (Å²) < 4.78 is 4.65. The molecule has 0 atom stereocenters. The first-order valence-corrected chi connectivity index (χ1v) is 10.0. The highest BCUT2D eigenvalue weighted by molar-refractivity contribution is 6.06. The molecule has 0 bridgehead atoms.